The van der Waals surface area contributed by atoms with Crippen molar-refractivity contribution in [1.29, 1.82) is 0 Å². The molecule has 0 radical (unpaired) electrons. The SMILES string of the molecule is Cc1ccc(OC(=O)C2=NN(C3CCS(=O)(=O)C3)C(=O)CC2)cc1. The van der Waals surface area contributed by atoms with E-state index in [1.807, 2.05) is 19.1 Å². The monoisotopic (exact) mass is 350 g/mol. The average molecular weight is 350 g/mol. The Kier molecular flexibility index (Phi) is 4.40. The third-order valence-electron chi connectivity index (χ3n) is 4.08. The Bertz CT molecular complexity index is 798. The summed E-state index contributed by atoms with van der Waals surface area (Å²) in [6, 6.07) is 6.52. The van der Waals surface area contributed by atoms with E-state index in [0.29, 0.717) is 12.2 Å². The zero-order chi connectivity index (χ0) is 17.3. The van der Waals surface area contributed by atoms with Crippen molar-refractivity contribution >= 4 is 27.4 Å². The van der Waals surface area contributed by atoms with Gasteiger partial charge in [0, 0.05) is 12.8 Å². The zero-order valence-corrected chi connectivity index (χ0v) is 14.1. The lowest BCUT2D eigenvalue weighted by Crippen LogP contribution is -2.42. The molecular formula is C16H18N2O5S. The van der Waals surface area contributed by atoms with Gasteiger partial charge in [0.05, 0.1) is 17.5 Å². The van der Waals surface area contributed by atoms with Crippen LogP contribution >= 0.6 is 0 Å². The number of sulfone groups is 1. The summed E-state index contributed by atoms with van der Waals surface area (Å²) >= 11 is 0. The standard InChI is InChI=1S/C16H18N2O5S/c1-11-2-4-13(5-3-11)23-16(20)14-6-7-15(19)18(17-14)12-8-9-24(21,22)10-12/h2-5,12H,6-10H2,1H3. The van der Waals surface area contributed by atoms with Gasteiger partial charge >= 0.3 is 5.97 Å². The first-order chi connectivity index (χ1) is 11.3. The fourth-order valence-corrected chi connectivity index (χ4v) is 4.44. The predicted molar refractivity (Wildman–Crippen MR) is 87.4 cm³/mol. The number of benzene rings is 1. The minimum atomic E-state index is -3.14. The molecule has 1 aromatic carbocycles. The molecule has 1 aromatic rings. The van der Waals surface area contributed by atoms with Gasteiger partial charge in [-0.25, -0.2) is 18.2 Å². The first-order valence-corrected chi connectivity index (χ1v) is 9.55. The fraction of sp³-hybridized carbons (Fsp3) is 0.438. The Balaban J connectivity index is 1.75. The van der Waals surface area contributed by atoms with Gasteiger partial charge < -0.3 is 4.74 Å². The summed E-state index contributed by atoms with van der Waals surface area (Å²) in [5.41, 5.74) is 1.18. The maximum absolute atomic E-state index is 12.2. The highest BCUT2D eigenvalue weighted by molar-refractivity contribution is 7.91. The van der Waals surface area contributed by atoms with Crippen LogP contribution in [0.4, 0.5) is 0 Å². The van der Waals surface area contributed by atoms with Crippen molar-refractivity contribution in [1.82, 2.24) is 5.01 Å². The van der Waals surface area contributed by atoms with Gasteiger partial charge in [-0.15, -0.1) is 0 Å². The van der Waals surface area contributed by atoms with E-state index >= 15 is 0 Å². The highest BCUT2D eigenvalue weighted by atomic mass is 32.2. The number of hydrogen-bond donors (Lipinski definition) is 0. The van der Waals surface area contributed by atoms with Crippen molar-refractivity contribution in [2.24, 2.45) is 5.10 Å². The lowest BCUT2D eigenvalue weighted by molar-refractivity contribution is -0.134. The van der Waals surface area contributed by atoms with Crippen molar-refractivity contribution < 1.29 is 22.7 Å². The molecule has 2 heterocycles. The Labute approximate surface area is 140 Å². The smallest absolute Gasteiger partial charge is 0.359 e. The number of hydrogen-bond acceptors (Lipinski definition) is 6. The van der Waals surface area contributed by atoms with E-state index < -0.39 is 21.8 Å². The van der Waals surface area contributed by atoms with E-state index in [4.69, 9.17) is 4.74 Å². The van der Waals surface area contributed by atoms with E-state index in [-0.39, 0.29) is 36.0 Å². The van der Waals surface area contributed by atoms with Crippen LogP contribution in [0.25, 0.3) is 0 Å². The van der Waals surface area contributed by atoms with Crippen LogP contribution in [0, 0.1) is 6.92 Å². The van der Waals surface area contributed by atoms with Crippen LogP contribution in [-0.4, -0.2) is 48.6 Å². The molecule has 0 spiro atoms. The summed E-state index contributed by atoms with van der Waals surface area (Å²) in [5, 5.41) is 5.24. The second kappa shape index (κ2) is 6.35. The number of nitrogens with zero attached hydrogens (tertiary/aromatic N) is 2. The number of amides is 1. The maximum Gasteiger partial charge on any atom is 0.359 e. The molecule has 3 rings (SSSR count). The maximum atomic E-state index is 12.2. The molecule has 24 heavy (non-hydrogen) atoms. The topological polar surface area (TPSA) is 93.1 Å². The summed E-state index contributed by atoms with van der Waals surface area (Å²) in [7, 11) is -3.14. The molecule has 8 heteroatoms. The molecule has 0 aromatic heterocycles. The summed E-state index contributed by atoms with van der Waals surface area (Å²) in [6.45, 7) is 1.93. The van der Waals surface area contributed by atoms with Gasteiger partial charge in [-0.1, -0.05) is 17.7 Å². The highest BCUT2D eigenvalue weighted by Gasteiger charge is 2.37. The first-order valence-electron chi connectivity index (χ1n) is 7.73. The summed E-state index contributed by atoms with van der Waals surface area (Å²) in [6.07, 6.45) is 0.662. The Morgan fingerprint density at radius 3 is 2.58 bits per heavy atom. The Morgan fingerprint density at radius 2 is 1.96 bits per heavy atom. The third kappa shape index (κ3) is 3.64. The summed E-state index contributed by atoms with van der Waals surface area (Å²) in [4.78, 5) is 24.3. The van der Waals surface area contributed by atoms with Crippen molar-refractivity contribution in [3.8, 4) is 5.75 Å². The zero-order valence-electron chi connectivity index (χ0n) is 13.3. The number of hydrazone groups is 1. The van der Waals surface area contributed by atoms with Gasteiger partial charge in [-0.05, 0) is 25.5 Å². The molecule has 0 N–H and O–H groups in total. The lowest BCUT2D eigenvalue weighted by atomic mass is 10.1. The van der Waals surface area contributed by atoms with Crippen LogP contribution in [0.1, 0.15) is 24.8 Å². The van der Waals surface area contributed by atoms with Crippen LogP contribution in [-0.2, 0) is 19.4 Å². The minimum Gasteiger partial charge on any atom is -0.422 e. The van der Waals surface area contributed by atoms with Crippen LogP contribution in [0.2, 0.25) is 0 Å². The molecule has 128 valence electrons. The van der Waals surface area contributed by atoms with Gasteiger partial charge in [0.25, 0.3) is 0 Å². The number of aryl methyl sites for hydroxylation is 1. The number of esters is 1. The van der Waals surface area contributed by atoms with Crippen LogP contribution < -0.4 is 4.74 Å². The Hall–Kier alpha value is -2.22. The van der Waals surface area contributed by atoms with Crippen LogP contribution in [0.5, 0.6) is 5.75 Å². The van der Waals surface area contributed by atoms with Crippen molar-refractivity contribution in [2.45, 2.75) is 32.2 Å². The van der Waals surface area contributed by atoms with Crippen molar-refractivity contribution in [2.75, 3.05) is 11.5 Å². The molecule has 1 atom stereocenters. The molecule has 1 unspecified atom stereocenters. The molecule has 0 aliphatic carbocycles. The van der Waals surface area contributed by atoms with E-state index in [1.54, 1.807) is 12.1 Å². The van der Waals surface area contributed by atoms with Gasteiger partial charge in [0.2, 0.25) is 5.91 Å². The molecule has 1 fully saturated rings. The fourth-order valence-electron chi connectivity index (χ4n) is 2.74. The normalized spacial score (nSPS) is 23.0. The van der Waals surface area contributed by atoms with E-state index in [1.165, 1.54) is 0 Å². The van der Waals surface area contributed by atoms with Crippen LogP contribution in [0.15, 0.2) is 29.4 Å². The number of carbonyl (C=O) groups excluding carboxylic acids is 2. The molecule has 2 aliphatic heterocycles. The highest BCUT2D eigenvalue weighted by Crippen LogP contribution is 2.22. The van der Waals surface area contributed by atoms with E-state index in [2.05, 4.69) is 5.10 Å². The lowest BCUT2D eigenvalue weighted by Gasteiger charge is -2.27. The average Bonchev–Trinajstić information content (AvgIpc) is 2.90. The molecule has 0 bridgehead atoms. The molecular weight excluding hydrogens is 332 g/mol. The van der Waals surface area contributed by atoms with Gasteiger partial charge in [0.1, 0.15) is 11.5 Å². The minimum absolute atomic E-state index is 0.0418. The van der Waals surface area contributed by atoms with E-state index in [9.17, 15) is 18.0 Å². The third-order valence-corrected chi connectivity index (χ3v) is 5.83. The number of rotatable bonds is 3. The Morgan fingerprint density at radius 1 is 1.25 bits per heavy atom. The van der Waals surface area contributed by atoms with Crippen LogP contribution in [0.3, 0.4) is 0 Å². The second-order valence-electron chi connectivity index (χ2n) is 6.04. The first kappa shape index (κ1) is 16.6. The van der Waals surface area contributed by atoms with E-state index in [0.717, 1.165) is 10.6 Å². The van der Waals surface area contributed by atoms with Gasteiger partial charge in [-0.2, -0.15) is 5.10 Å². The van der Waals surface area contributed by atoms with Crippen molar-refractivity contribution in [3.05, 3.63) is 29.8 Å². The molecule has 0 saturated carbocycles. The molecule has 2 aliphatic rings. The number of ether oxygens (including phenoxy) is 1. The molecule has 1 saturated heterocycles. The second-order valence-corrected chi connectivity index (χ2v) is 8.27. The van der Waals surface area contributed by atoms with Crippen molar-refractivity contribution in [3.63, 3.8) is 0 Å². The summed E-state index contributed by atoms with van der Waals surface area (Å²) in [5.74, 6) is -0.538. The quantitative estimate of drug-likeness (QED) is 0.600. The largest absolute Gasteiger partial charge is 0.422 e. The molecule has 1 amide bonds. The van der Waals surface area contributed by atoms with Gasteiger partial charge in [-0.3, -0.25) is 4.79 Å². The predicted octanol–water partition coefficient (Wildman–Crippen LogP) is 1.07. The van der Waals surface area contributed by atoms with Gasteiger partial charge in [0.15, 0.2) is 9.84 Å². The summed E-state index contributed by atoms with van der Waals surface area (Å²) < 4.78 is 28.5. The molecule has 7 nitrogen and oxygen atoms in total. The number of carbonyl (C=O) groups is 2.